The number of esters is 1. The molecule has 17 heavy (non-hydrogen) atoms. The Morgan fingerprint density at radius 3 is 2.00 bits per heavy atom. The fourth-order valence-corrected chi connectivity index (χ4v) is 2.87. The molecule has 0 aromatic carbocycles. The van der Waals surface area contributed by atoms with E-state index in [1.165, 1.54) is 0 Å². The van der Waals surface area contributed by atoms with Crippen LogP contribution in [-0.2, 0) is 9.53 Å². The molecule has 4 heteroatoms. The molecule has 0 amide bonds. The zero-order valence-corrected chi connectivity index (χ0v) is 12.9. The Balaban J connectivity index is 5.25. The van der Waals surface area contributed by atoms with E-state index in [4.69, 9.17) is 4.74 Å². The topological polar surface area (TPSA) is 29.5 Å². The summed E-state index contributed by atoms with van der Waals surface area (Å²) in [7, 11) is 0. The van der Waals surface area contributed by atoms with Gasteiger partial charge in [0.05, 0.1) is 17.2 Å². The van der Waals surface area contributed by atoms with Crippen LogP contribution in [0.4, 0.5) is 0 Å². The summed E-state index contributed by atoms with van der Waals surface area (Å²) in [5, 5.41) is 1.01. The van der Waals surface area contributed by atoms with E-state index in [2.05, 4.69) is 32.6 Å². The van der Waals surface area contributed by atoms with Gasteiger partial charge in [-0.1, -0.05) is 0 Å². The van der Waals surface area contributed by atoms with Crippen molar-refractivity contribution in [1.29, 1.82) is 0 Å². The first-order chi connectivity index (χ1) is 7.86. The first-order valence-corrected chi connectivity index (χ1v) is 7.29. The third-order valence-corrected chi connectivity index (χ3v) is 3.35. The molecule has 0 aliphatic rings. The molecule has 0 aromatic heterocycles. The lowest BCUT2D eigenvalue weighted by atomic mass is 10.2. The maximum Gasteiger partial charge on any atom is 0.336 e. The number of rotatable bonds is 6. The number of hydrogen-bond acceptors (Lipinski definition) is 4. The Kier molecular flexibility index (Phi) is 7.35. The van der Waals surface area contributed by atoms with Crippen molar-refractivity contribution in [3.63, 3.8) is 0 Å². The van der Waals surface area contributed by atoms with Crippen LogP contribution in [0.2, 0.25) is 0 Å². The molecular formula is C13H25NO2S. The highest BCUT2D eigenvalue weighted by molar-refractivity contribution is 8.02. The standard InChI is InChI=1S/C13H25NO2S/c1-8-16-13(15)11(6)12(17-7)14(9(2)3)10(4)5/h9-10H,8H2,1-7H3/b12-11-. The normalized spacial score (nSPS) is 12.8. The van der Waals surface area contributed by atoms with Crippen LogP contribution in [0.1, 0.15) is 41.5 Å². The predicted octanol–water partition coefficient (Wildman–Crippen LogP) is 3.26. The van der Waals surface area contributed by atoms with E-state index in [0.717, 1.165) is 5.03 Å². The number of ether oxygens (including phenoxy) is 1. The molecule has 0 aliphatic heterocycles. The average Bonchev–Trinajstić information content (AvgIpc) is 2.23. The van der Waals surface area contributed by atoms with Crippen LogP contribution in [0.15, 0.2) is 10.6 Å². The molecule has 0 unspecified atom stereocenters. The van der Waals surface area contributed by atoms with Gasteiger partial charge in [-0.05, 0) is 47.8 Å². The Morgan fingerprint density at radius 1 is 1.24 bits per heavy atom. The summed E-state index contributed by atoms with van der Waals surface area (Å²) in [6.45, 7) is 12.6. The first kappa shape index (κ1) is 16.4. The minimum atomic E-state index is -0.219. The molecule has 0 fully saturated rings. The number of carbonyl (C=O) groups is 1. The maximum atomic E-state index is 11.8. The van der Waals surface area contributed by atoms with Crippen LogP contribution in [0.25, 0.3) is 0 Å². The minimum absolute atomic E-state index is 0.219. The summed E-state index contributed by atoms with van der Waals surface area (Å²) in [6, 6.07) is 0.726. The van der Waals surface area contributed by atoms with Gasteiger partial charge in [0.25, 0.3) is 0 Å². The highest BCUT2D eigenvalue weighted by Gasteiger charge is 2.21. The third-order valence-electron chi connectivity index (χ3n) is 2.44. The number of nitrogens with zero attached hydrogens (tertiary/aromatic N) is 1. The zero-order chi connectivity index (χ0) is 13.6. The van der Waals surface area contributed by atoms with E-state index >= 15 is 0 Å². The minimum Gasteiger partial charge on any atom is -0.463 e. The van der Waals surface area contributed by atoms with E-state index < -0.39 is 0 Å². The van der Waals surface area contributed by atoms with Gasteiger partial charge in [-0.2, -0.15) is 0 Å². The van der Waals surface area contributed by atoms with E-state index in [0.29, 0.717) is 24.3 Å². The third kappa shape index (κ3) is 4.62. The summed E-state index contributed by atoms with van der Waals surface area (Å²) in [4.78, 5) is 14.0. The summed E-state index contributed by atoms with van der Waals surface area (Å²) in [5.74, 6) is -0.219. The van der Waals surface area contributed by atoms with Crippen molar-refractivity contribution in [3.8, 4) is 0 Å². The van der Waals surface area contributed by atoms with Crippen LogP contribution < -0.4 is 0 Å². The molecule has 0 spiro atoms. The van der Waals surface area contributed by atoms with Gasteiger partial charge >= 0.3 is 5.97 Å². The monoisotopic (exact) mass is 259 g/mol. The SMILES string of the molecule is CCOC(=O)/C(C)=C(\SC)N(C(C)C)C(C)C. The average molecular weight is 259 g/mol. The Morgan fingerprint density at radius 2 is 1.71 bits per heavy atom. The van der Waals surface area contributed by atoms with Crippen LogP contribution in [0.5, 0.6) is 0 Å². The lowest BCUT2D eigenvalue weighted by molar-refractivity contribution is -0.138. The molecule has 0 saturated carbocycles. The number of thioether (sulfide) groups is 1. The highest BCUT2D eigenvalue weighted by Crippen LogP contribution is 2.26. The second-order valence-corrected chi connectivity index (χ2v) is 5.24. The Hall–Kier alpha value is -0.640. The van der Waals surface area contributed by atoms with Crippen LogP contribution in [-0.4, -0.2) is 35.8 Å². The van der Waals surface area contributed by atoms with E-state index in [1.54, 1.807) is 11.8 Å². The van der Waals surface area contributed by atoms with Crippen molar-refractivity contribution < 1.29 is 9.53 Å². The molecule has 0 aromatic rings. The maximum absolute atomic E-state index is 11.8. The van der Waals surface area contributed by atoms with Gasteiger partial charge in [0, 0.05) is 12.1 Å². The fraction of sp³-hybridized carbons (Fsp3) is 0.769. The van der Waals surface area contributed by atoms with Gasteiger partial charge in [0.1, 0.15) is 0 Å². The lowest BCUT2D eigenvalue weighted by Crippen LogP contribution is -2.36. The molecule has 0 atom stereocenters. The van der Waals surface area contributed by atoms with E-state index in [9.17, 15) is 4.79 Å². The lowest BCUT2D eigenvalue weighted by Gasteiger charge is -2.35. The molecule has 100 valence electrons. The van der Waals surface area contributed by atoms with Crippen molar-refractivity contribution in [2.24, 2.45) is 0 Å². The van der Waals surface area contributed by atoms with Crippen molar-refractivity contribution >= 4 is 17.7 Å². The van der Waals surface area contributed by atoms with Gasteiger partial charge in [-0.15, -0.1) is 11.8 Å². The van der Waals surface area contributed by atoms with Gasteiger partial charge in [-0.25, -0.2) is 4.79 Å². The van der Waals surface area contributed by atoms with E-state index in [1.807, 2.05) is 20.1 Å². The summed E-state index contributed by atoms with van der Waals surface area (Å²) >= 11 is 1.60. The Bertz CT molecular complexity index is 277. The van der Waals surface area contributed by atoms with Gasteiger partial charge < -0.3 is 9.64 Å². The predicted molar refractivity (Wildman–Crippen MR) is 75.0 cm³/mol. The van der Waals surface area contributed by atoms with Crippen LogP contribution in [0.3, 0.4) is 0 Å². The second-order valence-electron chi connectivity index (χ2n) is 4.45. The van der Waals surface area contributed by atoms with Crippen molar-refractivity contribution in [2.45, 2.75) is 53.6 Å². The van der Waals surface area contributed by atoms with Crippen LogP contribution in [0, 0.1) is 0 Å². The molecule has 3 nitrogen and oxygen atoms in total. The molecule has 0 bridgehead atoms. The van der Waals surface area contributed by atoms with Gasteiger partial charge in [0.15, 0.2) is 0 Å². The molecule has 0 heterocycles. The second kappa shape index (κ2) is 7.64. The summed E-state index contributed by atoms with van der Waals surface area (Å²) in [6.07, 6.45) is 2.00. The number of carbonyl (C=O) groups excluding carboxylic acids is 1. The van der Waals surface area contributed by atoms with Crippen molar-refractivity contribution in [2.75, 3.05) is 12.9 Å². The molecular weight excluding hydrogens is 234 g/mol. The number of hydrogen-bond donors (Lipinski definition) is 0. The van der Waals surface area contributed by atoms with Crippen molar-refractivity contribution in [1.82, 2.24) is 4.90 Å². The van der Waals surface area contributed by atoms with Crippen LogP contribution >= 0.6 is 11.8 Å². The quantitative estimate of drug-likeness (QED) is 0.541. The summed E-state index contributed by atoms with van der Waals surface area (Å²) in [5.41, 5.74) is 0.696. The smallest absolute Gasteiger partial charge is 0.336 e. The molecule has 0 N–H and O–H groups in total. The highest BCUT2D eigenvalue weighted by atomic mass is 32.2. The van der Waals surface area contributed by atoms with Gasteiger partial charge in [0.2, 0.25) is 0 Å². The first-order valence-electron chi connectivity index (χ1n) is 6.07. The molecule has 0 saturated heterocycles. The zero-order valence-electron chi connectivity index (χ0n) is 12.0. The van der Waals surface area contributed by atoms with Crippen molar-refractivity contribution in [3.05, 3.63) is 10.6 Å². The Labute approximate surface area is 110 Å². The summed E-state index contributed by atoms with van der Waals surface area (Å²) < 4.78 is 5.06. The molecule has 0 rings (SSSR count). The van der Waals surface area contributed by atoms with E-state index in [-0.39, 0.29) is 5.97 Å². The molecule has 0 aliphatic carbocycles. The largest absolute Gasteiger partial charge is 0.463 e. The molecule has 0 radical (unpaired) electrons. The fourth-order valence-electron chi connectivity index (χ4n) is 1.84. The van der Waals surface area contributed by atoms with Gasteiger partial charge in [-0.3, -0.25) is 0 Å².